The molecule has 2 rings (SSSR count). The topological polar surface area (TPSA) is 18.5 Å². The van der Waals surface area contributed by atoms with E-state index in [0.717, 1.165) is 13.2 Å². The van der Waals surface area contributed by atoms with Gasteiger partial charge in [-0.15, -0.1) is 0 Å². The first-order valence-electron chi connectivity index (χ1n) is 4.78. The van der Waals surface area contributed by atoms with E-state index in [2.05, 4.69) is 26.0 Å². The molecule has 76 valence electrons. The summed E-state index contributed by atoms with van der Waals surface area (Å²) in [6, 6.07) is 10.3. The van der Waals surface area contributed by atoms with Crippen molar-refractivity contribution in [1.82, 2.24) is 0 Å². The van der Waals surface area contributed by atoms with E-state index in [0.29, 0.717) is 0 Å². The molecule has 3 heteroatoms. The molecule has 0 spiro atoms. The molecule has 1 aromatic rings. The predicted octanol–water partition coefficient (Wildman–Crippen LogP) is 1.45. The molecule has 1 aliphatic rings. The molecule has 0 radical (unpaired) electrons. The molecule has 1 fully saturated rings. The van der Waals surface area contributed by atoms with Crippen molar-refractivity contribution in [3.05, 3.63) is 30.3 Å². The molecule has 1 saturated heterocycles. The predicted molar refractivity (Wildman–Crippen MR) is 57.5 cm³/mol. The van der Waals surface area contributed by atoms with Crippen LogP contribution in [0.25, 0.3) is 0 Å². The van der Waals surface area contributed by atoms with E-state index in [4.69, 9.17) is 7.45 Å². The molecule has 0 atom stereocenters. The van der Waals surface area contributed by atoms with E-state index in [1.807, 2.05) is 18.2 Å². The van der Waals surface area contributed by atoms with Gasteiger partial charge in [-0.2, -0.15) is 0 Å². The fourth-order valence-electron chi connectivity index (χ4n) is 1.24. The third-order valence-corrected chi connectivity index (χ3v) is 5.15. The summed E-state index contributed by atoms with van der Waals surface area (Å²) < 4.78 is 12.9. The first-order chi connectivity index (χ1) is 6.67. The molecular formula is C11H15AsO2. The Bertz CT molecular complexity index is 287. The number of hydrogen-bond donors (Lipinski definition) is 0. The SMILES string of the molecule is CC1(C)CO[As](c2ccccc2)OC1. The molecule has 14 heavy (non-hydrogen) atoms. The molecule has 0 aliphatic carbocycles. The Morgan fingerprint density at radius 1 is 1.07 bits per heavy atom. The Kier molecular flexibility index (Phi) is 2.96. The molecule has 0 bridgehead atoms. The molecular weight excluding hydrogens is 239 g/mol. The van der Waals surface area contributed by atoms with E-state index in [1.54, 1.807) is 0 Å². The normalized spacial score (nSPS) is 22.1. The van der Waals surface area contributed by atoms with Crippen LogP contribution in [-0.4, -0.2) is 28.5 Å². The number of rotatable bonds is 1. The van der Waals surface area contributed by atoms with Crippen molar-refractivity contribution in [3.8, 4) is 0 Å². The fourth-order valence-corrected chi connectivity index (χ4v) is 4.86. The van der Waals surface area contributed by atoms with E-state index in [1.165, 1.54) is 4.35 Å². The van der Waals surface area contributed by atoms with Crippen molar-refractivity contribution < 1.29 is 7.45 Å². The monoisotopic (exact) mass is 254 g/mol. The Morgan fingerprint density at radius 3 is 2.21 bits per heavy atom. The summed E-state index contributed by atoms with van der Waals surface area (Å²) >= 11 is -1.64. The molecule has 0 saturated carbocycles. The summed E-state index contributed by atoms with van der Waals surface area (Å²) in [5.41, 5.74) is 0.181. The Hall–Kier alpha value is -0.302. The van der Waals surface area contributed by atoms with Crippen molar-refractivity contribution in [1.29, 1.82) is 0 Å². The zero-order valence-electron chi connectivity index (χ0n) is 8.56. The van der Waals surface area contributed by atoms with Crippen molar-refractivity contribution in [3.63, 3.8) is 0 Å². The molecule has 0 N–H and O–H groups in total. The van der Waals surface area contributed by atoms with Crippen LogP contribution >= 0.6 is 0 Å². The second-order valence-corrected chi connectivity index (χ2v) is 7.55. The molecule has 1 heterocycles. The van der Waals surface area contributed by atoms with Crippen LogP contribution in [0.15, 0.2) is 30.3 Å². The molecule has 1 aromatic carbocycles. The molecule has 1 aliphatic heterocycles. The third-order valence-electron chi connectivity index (χ3n) is 2.11. The van der Waals surface area contributed by atoms with Crippen molar-refractivity contribution in [2.75, 3.05) is 13.2 Å². The summed E-state index contributed by atoms with van der Waals surface area (Å²) in [5.74, 6) is 0. The van der Waals surface area contributed by atoms with Gasteiger partial charge in [-0.3, -0.25) is 0 Å². The summed E-state index contributed by atoms with van der Waals surface area (Å²) in [4.78, 5) is 0. The van der Waals surface area contributed by atoms with Gasteiger partial charge in [-0.1, -0.05) is 0 Å². The van der Waals surface area contributed by atoms with Gasteiger partial charge in [0.25, 0.3) is 0 Å². The van der Waals surface area contributed by atoms with Gasteiger partial charge in [0.2, 0.25) is 0 Å². The van der Waals surface area contributed by atoms with Crippen LogP contribution < -0.4 is 4.35 Å². The first-order valence-corrected chi connectivity index (χ1v) is 7.25. The van der Waals surface area contributed by atoms with Crippen LogP contribution in [0.2, 0.25) is 0 Å². The average Bonchev–Trinajstić information content (AvgIpc) is 2.19. The maximum absolute atomic E-state index is 5.80. The van der Waals surface area contributed by atoms with Crippen LogP contribution in [0.3, 0.4) is 0 Å². The second-order valence-electron chi connectivity index (χ2n) is 4.30. The van der Waals surface area contributed by atoms with Gasteiger partial charge in [0.1, 0.15) is 0 Å². The van der Waals surface area contributed by atoms with E-state index >= 15 is 0 Å². The number of hydrogen-bond acceptors (Lipinski definition) is 2. The van der Waals surface area contributed by atoms with Crippen LogP contribution in [0.4, 0.5) is 0 Å². The molecule has 0 amide bonds. The van der Waals surface area contributed by atoms with E-state index in [-0.39, 0.29) is 5.41 Å². The quantitative estimate of drug-likeness (QED) is 0.706. The Labute approximate surface area is 90.2 Å². The molecule has 0 aromatic heterocycles. The summed E-state index contributed by atoms with van der Waals surface area (Å²) in [5, 5.41) is 0. The van der Waals surface area contributed by atoms with Gasteiger partial charge < -0.3 is 0 Å². The van der Waals surface area contributed by atoms with Crippen molar-refractivity contribution in [2.45, 2.75) is 13.8 Å². The van der Waals surface area contributed by atoms with E-state index in [9.17, 15) is 0 Å². The Balaban J connectivity index is 2.03. The van der Waals surface area contributed by atoms with E-state index < -0.39 is 15.3 Å². The third kappa shape index (κ3) is 2.38. The fraction of sp³-hybridized carbons (Fsp3) is 0.455. The Morgan fingerprint density at radius 2 is 1.64 bits per heavy atom. The van der Waals surface area contributed by atoms with Crippen LogP contribution in [0.5, 0.6) is 0 Å². The standard InChI is InChI=1S/C11H15AsO2/c1-11(2)8-13-12(14-9-11)10-6-4-3-5-7-10/h3-7H,8-9H2,1-2H3. The van der Waals surface area contributed by atoms with Crippen LogP contribution in [0, 0.1) is 5.41 Å². The van der Waals surface area contributed by atoms with Gasteiger partial charge in [0, 0.05) is 0 Å². The minimum atomic E-state index is -1.64. The molecule has 2 nitrogen and oxygen atoms in total. The average molecular weight is 254 g/mol. The maximum atomic E-state index is 5.80. The van der Waals surface area contributed by atoms with Gasteiger partial charge >= 0.3 is 89.9 Å². The number of benzene rings is 1. The zero-order valence-corrected chi connectivity index (χ0v) is 10.4. The van der Waals surface area contributed by atoms with Gasteiger partial charge in [0.05, 0.1) is 0 Å². The van der Waals surface area contributed by atoms with Gasteiger partial charge in [-0.25, -0.2) is 0 Å². The second kappa shape index (κ2) is 4.06. The summed E-state index contributed by atoms with van der Waals surface area (Å²) in [6.45, 7) is 5.98. The van der Waals surface area contributed by atoms with Gasteiger partial charge in [0.15, 0.2) is 0 Å². The zero-order chi connectivity index (χ0) is 10.0. The first kappa shape index (κ1) is 10.2. The minimum absolute atomic E-state index is 0.181. The summed E-state index contributed by atoms with van der Waals surface area (Å²) in [7, 11) is 0. The van der Waals surface area contributed by atoms with Gasteiger partial charge in [-0.05, 0) is 0 Å². The van der Waals surface area contributed by atoms with Crippen LogP contribution in [-0.2, 0) is 7.45 Å². The summed E-state index contributed by atoms with van der Waals surface area (Å²) in [6.07, 6.45) is 0. The van der Waals surface area contributed by atoms with Crippen LogP contribution in [0.1, 0.15) is 13.8 Å². The molecule has 0 unspecified atom stereocenters. The van der Waals surface area contributed by atoms with Crippen molar-refractivity contribution >= 4 is 19.7 Å². The van der Waals surface area contributed by atoms with Crippen molar-refractivity contribution in [2.24, 2.45) is 5.41 Å².